The molecular weight excluding hydrogens is 328 g/mol. The van der Waals surface area contributed by atoms with Crippen LogP contribution in [0.4, 0.5) is 5.13 Å². The molecule has 4 rings (SSSR count). The molecule has 8 heteroatoms. The normalized spacial score (nSPS) is 18.6. The Morgan fingerprint density at radius 3 is 2.67 bits per heavy atom. The molecule has 1 aliphatic carbocycles. The van der Waals surface area contributed by atoms with Crippen molar-refractivity contribution in [1.29, 1.82) is 0 Å². The molecule has 1 N–H and O–H groups in total. The minimum Gasteiger partial charge on any atom is -0.459 e. The lowest BCUT2D eigenvalue weighted by atomic mass is 9.96. The first-order valence-electron chi connectivity index (χ1n) is 8.18. The van der Waals surface area contributed by atoms with Crippen LogP contribution in [-0.4, -0.2) is 40.0 Å². The summed E-state index contributed by atoms with van der Waals surface area (Å²) in [6.07, 6.45) is 5.12. The second kappa shape index (κ2) is 6.35. The number of piperidine rings is 1. The van der Waals surface area contributed by atoms with Crippen LogP contribution in [0.2, 0.25) is 0 Å². The fourth-order valence-corrected chi connectivity index (χ4v) is 3.80. The Hall–Kier alpha value is -2.22. The van der Waals surface area contributed by atoms with Crippen LogP contribution in [0.3, 0.4) is 0 Å². The van der Waals surface area contributed by atoms with Crippen LogP contribution in [-0.2, 0) is 4.79 Å². The topological polar surface area (TPSA) is 88.3 Å². The Kier molecular flexibility index (Phi) is 4.05. The lowest BCUT2D eigenvalue weighted by Crippen LogP contribution is -2.41. The second-order valence-electron chi connectivity index (χ2n) is 6.25. The van der Waals surface area contributed by atoms with E-state index < -0.39 is 0 Å². The Morgan fingerprint density at radius 1 is 1.21 bits per heavy atom. The van der Waals surface area contributed by atoms with Gasteiger partial charge in [0, 0.05) is 24.9 Å². The minimum absolute atomic E-state index is 0.0291. The SMILES string of the molecule is O=C(Nc1nnc(C2CC2)s1)C1CCN(C(=O)c2ccco2)CC1. The highest BCUT2D eigenvalue weighted by molar-refractivity contribution is 7.15. The lowest BCUT2D eigenvalue weighted by molar-refractivity contribution is -0.121. The Labute approximate surface area is 143 Å². The fourth-order valence-electron chi connectivity index (χ4n) is 2.89. The first-order valence-corrected chi connectivity index (χ1v) is 8.99. The molecule has 1 saturated heterocycles. The molecule has 2 aliphatic rings. The number of nitrogens with zero attached hydrogens (tertiary/aromatic N) is 3. The highest BCUT2D eigenvalue weighted by Crippen LogP contribution is 2.42. The predicted octanol–water partition coefficient (Wildman–Crippen LogP) is 2.50. The number of anilines is 1. The molecule has 126 valence electrons. The molecule has 2 amide bonds. The number of rotatable bonds is 4. The van der Waals surface area contributed by atoms with Crippen molar-refractivity contribution in [1.82, 2.24) is 15.1 Å². The van der Waals surface area contributed by atoms with E-state index in [9.17, 15) is 9.59 Å². The number of nitrogens with one attached hydrogen (secondary N) is 1. The zero-order chi connectivity index (χ0) is 16.5. The quantitative estimate of drug-likeness (QED) is 0.919. The number of carbonyl (C=O) groups excluding carboxylic acids is 2. The van der Waals surface area contributed by atoms with Gasteiger partial charge in [-0.3, -0.25) is 9.59 Å². The van der Waals surface area contributed by atoms with Gasteiger partial charge in [-0.2, -0.15) is 0 Å². The molecule has 24 heavy (non-hydrogen) atoms. The van der Waals surface area contributed by atoms with Crippen molar-refractivity contribution in [3.8, 4) is 0 Å². The maximum Gasteiger partial charge on any atom is 0.289 e. The van der Waals surface area contributed by atoms with Gasteiger partial charge < -0.3 is 14.6 Å². The summed E-state index contributed by atoms with van der Waals surface area (Å²) in [5, 5.41) is 12.6. The van der Waals surface area contributed by atoms with Crippen LogP contribution < -0.4 is 5.32 Å². The van der Waals surface area contributed by atoms with Crippen LogP contribution in [0.25, 0.3) is 0 Å². The van der Waals surface area contributed by atoms with E-state index in [1.54, 1.807) is 17.0 Å². The predicted molar refractivity (Wildman–Crippen MR) is 87.8 cm³/mol. The third-order valence-electron chi connectivity index (χ3n) is 4.48. The molecule has 1 saturated carbocycles. The van der Waals surface area contributed by atoms with Crippen molar-refractivity contribution in [3.63, 3.8) is 0 Å². The molecule has 0 aromatic carbocycles. The molecule has 0 radical (unpaired) electrons. The highest BCUT2D eigenvalue weighted by Gasteiger charge is 2.30. The van der Waals surface area contributed by atoms with Crippen molar-refractivity contribution in [2.75, 3.05) is 18.4 Å². The van der Waals surface area contributed by atoms with E-state index in [2.05, 4.69) is 15.5 Å². The van der Waals surface area contributed by atoms with Crippen LogP contribution >= 0.6 is 11.3 Å². The summed E-state index contributed by atoms with van der Waals surface area (Å²) < 4.78 is 5.14. The monoisotopic (exact) mass is 346 g/mol. The zero-order valence-corrected chi connectivity index (χ0v) is 13.9. The number of carbonyl (C=O) groups is 2. The molecule has 0 unspecified atom stereocenters. The average molecular weight is 346 g/mol. The number of hydrogen-bond acceptors (Lipinski definition) is 6. The van der Waals surface area contributed by atoms with Gasteiger partial charge in [0.1, 0.15) is 5.01 Å². The number of furan rings is 1. The van der Waals surface area contributed by atoms with Crippen molar-refractivity contribution >= 4 is 28.3 Å². The van der Waals surface area contributed by atoms with Gasteiger partial charge in [0.15, 0.2) is 5.76 Å². The number of likely N-dealkylation sites (tertiary alicyclic amines) is 1. The zero-order valence-electron chi connectivity index (χ0n) is 13.1. The first kappa shape index (κ1) is 15.3. The van der Waals surface area contributed by atoms with E-state index in [0.29, 0.717) is 42.7 Å². The molecule has 0 atom stereocenters. The molecule has 3 heterocycles. The van der Waals surface area contributed by atoms with Gasteiger partial charge in [0.05, 0.1) is 6.26 Å². The van der Waals surface area contributed by atoms with Crippen molar-refractivity contribution < 1.29 is 14.0 Å². The van der Waals surface area contributed by atoms with Gasteiger partial charge in [-0.05, 0) is 37.8 Å². The lowest BCUT2D eigenvalue weighted by Gasteiger charge is -2.30. The molecule has 7 nitrogen and oxygen atoms in total. The fraction of sp³-hybridized carbons (Fsp3) is 0.500. The Bertz CT molecular complexity index is 730. The van der Waals surface area contributed by atoms with Crippen LogP contribution in [0.5, 0.6) is 0 Å². The van der Waals surface area contributed by atoms with Crippen LogP contribution in [0.1, 0.15) is 47.2 Å². The third-order valence-corrected chi connectivity index (χ3v) is 5.48. The number of amides is 2. The summed E-state index contributed by atoms with van der Waals surface area (Å²) >= 11 is 1.47. The summed E-state index contributed by atoms with van der Waals surface area (Å²) in [6.45, 7) is 1.11. The van der Waals surface area contributed by atoms with E-state index in [1.807, 2.05) is 0 Å². The van der Waals surface area contributed by atoms with Gasteiger partial charge in [0.25, 0.3) is 5.91 Å². The molecular formula is C16H18N4O3S. The Balaban J connectivity index is 1.30. The molecule has 2 fully saturated rings. The van der Waals surface area contributed by atoms with E-state index in [1.165, 1.54) is 30.4 Å². The van der Waals surface area contributed by atoms with Gasteiger partial charge in [-0.25, -0.2) is 0 Å². The van der Waals surface area contributed by atoms with E-state index in [0.717, 1.165) is 5.01 Å². The highest BCUT2D eigenvalue weighted by atomic mass is 32.1. The summed E-state index contributed by atoms with van der Waals surface area (Å²) in [6, 6.07) is 3.36. The summed E-state index contributed by atoms with van der Waals surface area (Å²) in [5.74, 6) is 0.651. The van der Waals surface area contributed by atoms with Crippen molar-refractivity contribution in [3.05, 3.63) is 29.2 Å². The smallest absolute Gasteiger partial charge is 0.289 e. The third kappa shape index (κ3) is 3.19. The minimum atomic E-state index is -0.114. The molecule has 0 spiro atoms. The van der Waals surface area contributed by atoms with E-state index in [4.69, 9.17) is 4.42 Å². The summed E-state index contributed by atoms with van der Waals surface area (Å²) in [5.41, 5.74) is 0. The average Bonchev–Trinajstić information content (AvgIpc) is 3.11. The number of aromatic nitrogens is 2. The van der Waals surface area contributed by atoms with Crippen molar-refractivity contribution in [2.45, 2.75) is 31.6 Å². The van der Waals surface area contributed by atoms with Crippen LogP contribution in [0.15, 0.2) is 22.8 Å². The van der Waals surface area contributed by atoms with Gasteiger partial charge >= 0.3 is 0 Å². The Morgan fingerprint density at radius 2 is 2.00 bits per heavy atom. The van der Waals surface area contributed by atoms with Gasteiger partial charge in [0.2, 0.25) is 11.0 Å². The summed E-state index contributed by atoms with van der Waals surface area (Å²) in [7, 11) is 0. The first-order chi connectivity index (χ1) is 11.7. The van der Waals surface area contributed by atoms with E-state index in [-0.39, 0.29) is 17.7 Å². The molecule has 2 aromatic heterocycles. The van der Waals surface area contributed by atoms with Gasteiger partial charge in [-0.1, -0.05) is 11.3 Å². The maximum atomic E-state index is 12.4. The van der Waals surface area contributed by atoms with Crippen molar-refractivity contribution in [2.24, 2.45) is 5.92 Å². The standard InChI is InChI=1S/C16H18N4O3S/c21-13(17-16-19-18-14(24-16)11-3-4-11)10-5-7-20(8-6-10)15(22)12-2-1-9-23-12/h1-2,9-11H,3-8H2,(H,17,19,21). The second-order valence-corrected chi connectivity index (χ2v) is 7.26. The molecule has 0 bridgehead atoms. The largest absolute Gasteiger partial charge is 0.459 e. The molecule has 2 aromatic rings. The maximum absolute atomic E-state index is 12.4. The summed E-state index contributed by atoms with van der Waals surface area (Å²) in [4.78, 5) is 26.3. The van der Waals surface area contributed by atoms with E-state index >= 15 is 0 Å². The van der Waals surface area contributed by atoms with Crippen LogP contribution in [0, 0.1) is 5.92 Å². The molecule has 1 aliphatic heterocycles. The van der Waals surface area contributed by atoms with Gasteiger partial charge in [-0.15, -0.1) is 10.2 Å². The number of hydrogen-bond donors (Lipinski definition) is 1.